The Morgan fingerprint density at radius 2 is 1.77 bits per heavy atom. The highest BCUT2D eigenvalue weighted by Crippen LogP contribution is 2.22. The molecule has 2 aromatic rings. The minimum absolute atomic E-state index is 0.0440. The minimum atomic E-state index is -0.410. The van der Waals surface area contributed by atoms with Crippen molar-refractivity contribution in [2.45, 2.75) is 6.61 Å². The fraction of sp³-hybridized carbons (Fsp3) is 0.267. The van der Waals surface area contributed by atoms with Gasteiger partial charge in [-0.1, -0.05) is 12.1 Å². The fourth-order valence-electron chi connectivity index (χ4n) is 1.93. The number of benzene rings is 1. The van der Waals surface area contributed by atoms with Gasteiger partial charge in [0.05, 0.1) is 26.9 Å². The zero-order valence-corrected chi connectivity index (χ0v) is 12.6. The third kappa shape index (κ3) is 3.15. The van der Waals surface area contributed by atoms with Crippen molar-refractivity contribution in [2.24, 2.45) is 0 Å². The summed E-state index contributed by atoms with van der Waals surface area (Å²) in [5, 5.41) is 0. The highest BCUT2D eigenvalue weighted by atomic mass is 16.5. The van der Waals surface area contributed by atoms with E-state index in [1.807, 2.05) is 0 Å². The van der Waals surface area contributed by atoms with E-state index in [2.05, 4.69) is 9.97 Å². The lowest BCUT2D eigenvalue weighted by atomic mass is 10.0. The van der Waals surface area contributed by atoms with Gasteiger partial charge in [-0.25, -0.2) is 0 Å². The van der Waals surface area contributed by atoms with Gasteiger partial charge in [-0.05, 0) is 6.07 Å². The second kappa shape index (κ2) is 6.86. The Labute approximate surface area is 128 Å². The third-order valence-corrected chi connectivity index (χ3v) is 3.04. The van der Waals surface area contributed by atoms with Crippen LogP contribution in [0.5, 0.6) is 11.8 Å². The number of carbonyl (C=O) groups excluding carboxylic acids is 1. The van der Waals surface area contributed by atoms with Crippen molar-refractivity contribution in [3.63, 3.8) is 0 Å². The molecule has 1 heterocycles. The van der Waals surface area contributed by atoms with Crippen LogP contribution in [0.3, 0.4) is 0 Å². The molecule has 116 valence electrons. The Balaban J connectivity index is 2.46. The summed E-state index contributed by atoms with van der Waals surface area (Å²) in [5.41, 5.74) is 7.41. The van der Waals surface area contributed by atoms with E-state index in [9.17, 15) is 4.79 Å². The van der Waals surface area contributed by atoms with Gasteiger partial charge in [0.2, 0.25) is 23.4 Å². The van der Waals surface area contributed by atoms with E-state index in [0.717, 1.165) is 5.56 Å². The molecule has 0 saturated heterocycles. The van der Waals surface area contributed by atoms with Crippen molar-refractivity contribution in [3.05, 3.63) is 41.2 Å². The van der Waals surface area contributed by atoms with Crippen LogP contribution in [-0.2, 0) is 11.3 Å². The first-order chi connectivity index (χ1) is 10.6. The number of ketones is 1. The van der Waals surface area contributed by atoms with Gasteiger partial charge in [-0.15, -0.1) is 0 Å². The largest absolute Gasteiger partial charge is 0.481 e. The van der Waals surface area contributed by atoms with Crippen molar-refractivity contribution in [3.8, 4) is 11.8 Å². The summed E-state index contributed by atoms with van der Waals surface area (Å²) in [6.45, 7) is 0.315. The minimum Gasteiger partial charge on any atom is -0.481 e. The third-order valence-electron chi connectivity index (χ3n) is 3.04. The molecule has 0 amide bonds. The Morgan fingerprint density at radius 1 is 1.14 bits per heavy atom. The van der Waals surface area contributed by atoms with Crippen LogP contribution in [0.15, 0.2) is 24.3 Å². The van der Waals surface area contributed by atoms with E-state index in [-0.39, 0.29) is 17.6 Å². The standard InChI is InChI=1S/C15H17N3O4/c1-20-8-9-5-4-6-10(13(9)16)14(19)15-17-11(21-2)7-12(18-15)22-3/h4-7H,8,16H2,1-3H3. The Bertz CT molecular complexity index is 666. The van der Waals surface area contributed by atoms with Gasteiger partial charge in [0.1, 0.15) is 0 Å². The fourth-order valence-corrected chi connectivity index (χ4v) is 1.93. The van der Waals surface area contributed by atoms with Crippen LogP contribution in [0.1, 0.15) is 21.7 Å². The molecule has 0 bridgehead atoms. The van der Waals surface area contributed by atoms with Gasteiger partial charge in [0.15, 0.2) is 0 Å². The van der Waals surface area contributed by atoms with Crippen molar-refractivity contribution in [2.75, 3.05) is 27.1 Å². The first-order valence-corrected chi connectivity index (χ1v) is 6.48. The highest BCUT2D eigenvalue weighted by Gasteiger charge is 2.19. The van der Waals surface area contributed by atoms with Crippen molar-refractivity contribution in [1.82, 2.24) is 9.97 Å². The summed E-state index contributed by atoms with van der Waals surface area (Å²) in [6.07, 6.45) is 0. The van der Waals surface area contributed by atoms with E-state index < -0.39 is 5.78 Å². The second-order valence-electron chi connectivity index (χ2n) is 4.42. The zero-order valence-electron chi connectivity index (χ0n) is 12.6. The van der Waals surface area contributed by atoms with Crippen LogP contribution in [0.2, 0.25) is 0 Å². The molecule has 0 spiro atoms. The summed E-state index contributed by atoms with van der Waals surface area (Å²) in [6, 6.07) is 6.63. The molecule has 0 aliphatic heterocycles. The second-order valence-corrected chi connectivity index (χ2v) is 4.42. The first kappa shape index (κ1) is 15.7. The van der Waals surface area contributed by atoms with Crippen LogP contribution >= 0.6 is 0 Å². The van der Waals surface area contributed by atoms with Gasteiger partial charge in [0, 0.05) is 23.9 Å². The Morgan fingerprint density at radius 3 is 2.32 bits per heavy atom. The molecular formula is C15H17N3O4. The maximum atomic E-state index is 12.6. The number of nitrogens with two attached hydrogens (primary N) is 1. The first-order valence-electron chi connectivity index (χ1n) is 6.48. The van der Waals surface area contributed by atoms with E-state index in [4.69, 9.17) is 19.9 Å². The molecule has 2 rings (SSSR count). The molecule has 22 heavy (non-hydrogen) atoms. The topological polar surface area (TPSA) is 96.6 Å². The quantitative estimate of drug-likeness (QED) is 0.637. The number of para-hydroxylation sites is 1. The van der Waals surface area contributed by atoms with Gasteiger partial charge < -0.3 is 19.9 Å². The van der Waals surface area contributed by atoms with Gasteiger partial charge in [-0.2, -0.15) is 9.97 Å². The number of hydrogen-bond donors (Lipinski definition) is 1. The lowest BCUT2D eigenvalue weighted by Gasteiger charge is -2.10. The molecule has 0 aliphatic rings. The molecule has 0 atom stereocenters. The molecule has 1 aromatic carbocycles. The molecule has 1 aromatic heterocycles. The van der Waals surface area contributed by atoms with E-state index in [0.29, 0.717) is 17.9 Å². The summed E-state index contributed by atoms with van der Waals surface area (Å²) in [5.74, 6) is 0.0220. The number of hydrogen-bond acceptors (Lipinski definition) is 7. The predicted molar refractivity (Wildman–Crippen MR) is 80.1 cm³/mol. The molecule has 0 saturated carbocycles. The van der Waals surface area contributed by atoms with Crippen molar-refractivity contribution < 1.29 is 19.0 Å². The molecular weight excluding hydrogens is 286 g/mol. The maximum Gasteiger partial charge on any atom is 0.232 e. The summed E-state index contributed by atoms with van der Waals surface area (Å²) in [7, 11) is 4.46. The van der Waals surface area contributed by atoms with Gasteiger partial charge in [-0.3, -0.25) is 4.79 Å². The molecule has 7 nitrogen and oxygen atoms in total. The van der Waals surface area contributed by atoms with Gasteiger partial charge in [0.25, 0.3) is 0 Å². The lowest BCUT2D eigenvalue weighted by Crippen LogP contribution is -2.12. The highest BCUT2D eigenvalue weighted by molar-refractivity contribution is 6.10. The molecule has 0 radical (unpaired) electrons. The number of carbonyl (C=O) groups is 1. The SMILES string of the molecule is COCc1cccc(C(=O)c2nc(OC)cc(OC)n2)c1N. The van der Waals surface area contributed by atoms with Crippen LogP contribution in [0.25, 0.3) is 0 Å². The molecule has 7 heteroatoms. The number of aromatic nitrogens is 2. The molecule has 0 fully saturated rings. The average molecular weight is 303 g/mol. The maximum absolute atomic E-state index is 12.6. The number of ether oxygens (including phenoxy) is 3. The Kier molecular flexibility index (Phi) is 4.90. The van der Waals surface area contributed by atoms with E-state index in [1.54, 1.807) is 25.3 Å². The average Bonchev–Trinajstić information content (AvgIpc) is 2.55. The summed E-state index contributed by atoms with van der Waals surface area (Å²) >= 11 is 0. The van der Waals surface area contributed by atoms with Crippen molar-refractivity contribution >= 4 is 11.5 Å². The van der Waals surface area contributed by atoms with Crippen LogP contribution in [0, 0.1) is 0 Å². The van der Waals surface area contributed by atoms with Crippen molar-refractivity contribution in [1.29, 1.82) is 0 Å². The smallest absolute Gasteiger partial charge is 0.232 e. The Hall–Kier alpha value is -2.67. The number of methoxy groups -OCH3 is 3. The molecule has 0 unspecified atom stereocenters. The van der Waals surface area contributed by atoms with Crippen LogP contribution in [0.4, 0.5) is 5.69 Å². The molecule has 0 aliphatic carbocycles. The number of rotatable bonds is 6. The van der Waals surface area contributed by atoms with E-state index >= 15 is 0 Å². The number of nitrogen functional groups attached to an aromatic ring is 1. The lowest BCUT2D eigenvalue weighted by molar-refractivity contribution is 0.102. The number of nitrogens with zero attached hydrogens (tertiary/aromatic N) is 2. The van der Waals surface area contributed by atoms with E-state index in [1.165, 1.54) is 20.3 Å². The van der Waals surface area contributed by atoms with Gasteiger partial charge >= 0.3 is 0 Å². The number of anilines is 1. The normalized spacial score (nSPS) is 10.3. The molecule has 2 N–H and O–H groups in total. The zero-order chi connectivity index (χ0) is 16.1. The summed E-state index contributed by atoms with van der Waals surface area (Å²) in [4.78, 5) is 20.7. The van der Waals surface area contributed by atoms with Crippen LogP contribution in [-0.4, -0.2) is 37.1 Å². The summed E-state index contributed by atoms with van der Waals surface area (Å²) < 4.78 is 15.1. The monoisotopic (exact) mass is 303 g/mol. The van der Waals surface area contributed by atoms with Crippen LogP contribution < -0.4 is 15.2 Å². The predicted octanol–water partition coefficient (Wildman–Crippen LogP) is 1.45.